The Kier molecular flexibility index (Phi) is 5.43. The molecule has 0 unspecified atom stereocenters. The number of carbonyl (C=O) groups excluding carboxylic acids is 1. The Balaban J connectivity index is 1.87. The van der Waals surface area contributed by atoms with Gasteiger partial charge >= 0.3 is 0 Å². The van der Waals surface area contributed by atoms with Crippen LogP contribution in [0, 0.1) is 17.5 Å². The number of nitrogens with one attached hydrogen (secondary N) is 1. The summed E-state index contributed by atoms with van der Waals surface area (Å²) in [5.41, 5.74) is -0.554. The Morgan fingerprint density at radius 2 is 1.91 bits per heavy atom. The Bertz CT molecular complexity index is 694. The molecule has 0 heterocycles. The summed E-state index contributed by atoms with van der Waals surface area (Å²) in [6, 6.07) is 8.69. The Morgan fingerprint density at radius 1 is 1.14 bits per heavy atom. The summed E-state index contributed by atoms with van der Waals surface area (Å²) in [7, 11) is 0. The molecule has 0 aliphatic carbocycles. The van der Waals surface area contributed by atoms with Gasteiger partial charge in [-0.3, -0.25) is 4.79 Å². The highest BCUT2D eigenvalue weighted by molar-refractivity contribution is 9.10. The van der Waals surface area contributed by atoms with Crippen LogP contribution in [0.1, 0.15) is 10.4 Å². The zero-order chi connectivity index (χ0) is 16.1. The van der Waals surface area contributed by atoms with E-state index in [1.165, 1.54) is 0 Å². The van der Waals surface area contributed by atoms with E-state index in [2.05, 4.69) is 21.2 Å². The highest BCUT2D eigenvalue weighted by atomic mass is 79.9. The first-order valence-corrected chi connectivity index (χ1v) is 7.08. The summed E-state index contributed by atoms with van der Waals surface area (Å²) < 4.78 is 45.5. The van der Waals surface area contributed by atoms with Gasteiger partial charge < -0.3 is 10.1 Å². The van der Waals surface area contributed by atoms with Crippen LogP contribution >= 0.6 is 15.9 Å². The number of carbonyl (C=O) groups is 1. The third-order valence-corrected chi connectivity index (χ3v) is 3.23. The van der Waals surface area contributed by atoms with Gasteiger partial charge in [0, 0.05) is 4.47 Å². The van der Waals surface area contributed by atoms with Crippen molar-refractivity contribution in [3.8, 4) is 5.75 Å². The third kappa shape index (κ3) is 4.00. The van der Waals surface area contributed by atoms with E-state index < -0.39 is 28.9 Å². The van der Waals surface area contributed by atoms with Crippen molar-refractivity contribution in [3.63, 3.8) is 0 Å². The fraction of sp³-hybridized carbons (Fsp3) is 0.133. The number of amides is 1. The van der Waals surface area contributed by atoms with Crippen LogP contribution in [0.4, 0.5) is 13.2 Å². The fourth-order valence-electron chi connectivity index (χ4n) is 1.69. The molecule has 0 spiro atoms. The number of halogens is 4. The van der Waals surface area contributed by atoms with Gasteiger partial charge in [0.1, 0.15) is 12.4 Å². The zero-order valence-electron chi connectivity index (χ0n) is 11.2. The lowest BCUT2D eigenvalue weighted by Crippen LogP contribution is -2.29. The topological polar surface area (TPSA) is 38.3 Å². The minimum absolute atomic E-state index is 0.0871. The number of hydrogen-bond acceptors (Lipinski definition) is 2. The van der Waals surface area contributed by atoms with Crippen LogP contribution in [0.2, 0.25) is 0 Å². The summed E-state index contributed by atoms with van der Waals surface area (Å²) in [6.45, 7) is 0.233. The first kappa shape index (κ1) is 16.4. The molecule has 1 amide bonds. The van der Waals surface area contributed by atoms with Crippen LogP contribution in [-0.4, -0.2) is 19.1 Å². The van der Waals surface area contributed by atoms with Crippen molar-refractivity contribution in [2.75, 3.05) is 13.2 Å². The van der Waals surface area contributed by atoms with Gasteiger partial charge in [0.15, 0.2) is 17.5 Å². The summed E-state index contributed by atoms with van der Waals surface area (Å²) in [4.78, 5) is 11.7. The molecule has 0 atom stereocenters. The third-order valence-electron chi connectivity index (χ3n) is 2.73. The largest absolute Gasteiger partial charge is 0.492 e. The molecular weight excluding hydrogens is 363 g/mol. The monoisotopic (exact) mass is 373 g/mol. The molecule has 2 aromatic rings. The molecule has 0 fully saturated rings. The summed E-state index contributed by atoms with van der Waals surface area (Å²) >= 11 is 3.29. The number of ether oxygens (including phenoxy) is 1. The summed E-state index contributed by atoms with van der Waals surface area (Å²) in [5, 5.41) is 2.37. The molecule has 0 radical (unpaired) electrons. The number of hydrogen-bond donors (Lipinski definition) is 1. The number of rotatable bonds is 5. The van der Waals surface area contributed by atoms with Crippen LogP contribution in [0.3, 0.4) is 0 Å². The van der Waals surface area contributed by atoms with Gasteiger partial charge in [-0.05, 0) is 30.3 Å². The van der Waals surface area contributed by atoms with Crippen LogP contribution in [0.25, 0.3) is 0 Å². The van der Waals surface area contributed by atoms with Crippen LogP contribution in [0.15, 0.2) is 40.9 Å². The predicted molar refractivity (Wildman–Crippen MR) is 78.3 cm³/mol. The van der Waals surface area contributed by atoms with Gasteiger partial charge in [0.25, 0.3) is 5.91 Å². The lowest BCUT2D eigenvalue weighted by molar-refractivity contribution is 0.0941. The van der Waals surface area contributed by atoms with E-state index in [1.54, 1.807) is 18.2 Å². The molecule has 0 saturated heterocycles. The number of benzene rings is 2. The zero-order valence-corrected chi connectivity index (χ0v) is 12.8. The van der Waals surface area contributed by atoms with Crippen LogP contribution in [0.5, 0.6) is 5.75 Å². The maximum absolute atomic E-state index is 13.4. The smallest absolute Gasteiger partial charge is 0.254 e. The molecule has 2 rings (SSSR count). The standard InChI is InChI=1S/C15H11BrF3NO2/c16-9-2-1-3-10(8-9)22-7-6-20-15(21)11-4-5-12(17)14(19)13(11)18/h1-5,8H,6-7H2,(H,20,21). The van der Waals surface area contributed by atoms with E-state index >= 15 is 0 Å². The molecule has 0 aliphatic heterocycles. The highest BCUT2D eigenvalue weighted by Gasteiger charge is 2.18. The second-order valence-electron chi connectivity index (χ2n) is 4.28. The first-order valence-electron chi connectivity index (χ1n) is 6.29. The van der Waals surface area contributed by atoms with Crippen molar-refractivity contribution in [3.05, 3.63) is 63.9 Å². The van der Waals surface area contributed by atoms with E-state index in [-0.39, 0.29) is 13.2 Å². The molecule has 7 heteroatoms. The van der Waals surface area contributed by atoms with Crippen molar-refractivity contribution in [2.24, 2.45) is 0 Å². The van der Waals surface area contributed by atoms with Gasteiger partial charge in [-0.25, -0.2) is 13.2 Å². The van der Waals surface area contributed by atoms with E-state index in [9.17, 15) is 18.0 Å². The van der Waals surface area contributed by atoms with Crippen LogP contribution < -0.4 is 10.1 Å². The van der Waals surface area contributed by atoms with Crippen molar-refractivity contribution in [1.29, 1.82) is 0 Å². The molecule has 0 aromatic heterocycles. The lowest BCUT2D eigenvalue weighted by Gasteiger charge is -2.09. The first-order chi connectivity index (χ1) is 10.5. The van der Waals surface area contributed by atoms with Crippen molar-refractivity contribution in [1.82, 2.24) is 5.32 Å². The molecule has 22 heavy (non-hydrogen) atoms. The molecular formula is C15H11BrF3NO2. The fourth-order valence-corrected chi connectivity index (χ4v) is 2.06. The van der Waals surface area contributed by atoms with Gasteiger partial charge in [-0.15, -0.1) is 0 Å². The predicted octanol–water partition coefficient (Wildman–Crippen LogP) is 3.68. The molecule has 1 N–H and O–H groups in total. The lowest BCUT2D eigenvalue weighted by atomic mass is 10.2. The van der Waals surface area contributed by atoms with E-state index in [0.29, 0.717) is 11.8 Å². The van der Waals surface area contributed by atoms with Gasteiger partial charge in [0.2, 0.25) is 0 Å². The second-order valence-corrected chi connectivity index (χ2v) is 5.20. The van der Waals surface area contributed by atoms with Crippen LogP contribution in [-0.2, 0) is 0 Å². The Morgan fingerprint density at radius 3 is 2.64 bits per heavy atom. The second kappa shape index (κ2) is 7.31. The van der Waals surface area contributed by atoms with Gasteiger partial charge in [-0.2, -0.15) is 0 Å². The maximum atomic E-state index is 13.4. The Hall–Kier alpha value is -2.02. The van der Waals surface area contributed by atoms with Crippen molar-refractivity contribution in [2.45, 2.75) is 0 Å². The van der Waals surface area contributed by atoms with E-state index in [0.717, 1.165) is 10.5 Å². The molecule has 3 nitrogen and oxygen atoms in total. The Labute approximate surface area is 133 Å². The minimum Gasteiger partial charge on any atom is -0.492 e. The van der Waals surface area contributed by atoms with E-state index in [4.69, 9.17) is 4.74 Å². The van der Waals surface area contributed by atoms with Gasteiger partial charge in [-0.1, -0.05) is 22.0 Å². The average molecular weight is 374 g/mol. The van der Waals surface area contributed by atoms with Crippen molar-refractivity contribution < 1.29 is 22.7 Å². The highest BCUT2D eigenvalue weighted by Crippen LogP contribution is 2.17. The maximum Gasteiger partial charge on any atom is 0.254 e. The molecule has 0 bridgehead atoms. The molecule has 2 aromatic carbocycles. The van der Waals surface area contributed by atoms with Crippen molar-refractivity contribution >= 4 is 21.8 Å². The molecule has 116 valence electrons. The van der Waals surface area contributed by atoms with Gasteiger partial charge in [0.05, 0.1) is 12.1 Å². The van der Waals surface area contributed by atoms with E-state index in [1.807, 2.05) is 6.07 Å². The SMILES string of the molecule is O=C(NCCOc1cccc(Br)c1)c1ccc(F)c(F)c1F. The minimum atomic E-state index is -1.67. The summed E-state index contributed by atoms with van der Waals surface area (Å²) in [5.74, 6) is -4.76. The summed E-state index contributed by atoms with van der Waals surface area (Å²) in [6.07, 6.45) is 0. The molecule has 0 saturated carbocycles. The quantitative estimate of drug-likeness (QED) is 0.641. The molecule has 0 aliphatic rings. The normalized spacial score (nSPS) is 10.4. The average Bonchev–Trinajstić information content (AvgIpc) is 2.49.